The van der Waals surface area contributed by atoms with Gasteiger partial charge in [-0.15, -0.1) is 22.7 Å². The average molecular weight is 193 g/mol. The van der Waals surface area contributed by atoms with Crippen LogP contribution in [-0.2, 0) is 6.42 Å². The third-order valence-corrected chi connectivity index (χ3v) is 4.29. The van der Waals surface area contributed by atoms with Gasteiger partial charge in [-0.1, -0.05) is 0 Å². The van der Waals surface area contributed by atoms with Crippen molar-refractivity contribution >= 4 is 27.7 Å². The summed E-state index contributed by atoms with van der Waals surface area (Å²) in [5.74, 6) is 0. The molecule has 60 valence electrons. The van der Waals surface area contributed by atoms with Crippen LogP contribution in [0.5, 0.6) is 0 Å². The van der Waals surface area contributed by atoms with Crippen molar-refractivity contribution in [1.82, 2.24) is 0 Å². The van der Waals surface area contributed by atoms with E-state index in [1.54, 1.807) is 11.3 Å². The van der Waals surface area contributed by atoms with E-state index in [1.807, 2.05) is 11.3 Å². The van der Waals surface area contributed by atoms with Gasteiger partial charge in [0.2, 0.25) is 0 Å². The van der Waals surface area contributed by atoms with Crippen molar-refractivity contribution in [2.24, 2.45) is 0 Å². The summed E-state index contributed by atoms with van der Waals surface area (Å²) in [7, 11) is 0. The van der Waals surface area contributed by atoms with E-state index in [0.29, 0.717) is 0 Å². The molecule has 0 atom stereocenters. The van der Waals surface area contributed by atoms with Crippen LogP contribution in [0.1, 0.15) is 11.1 Å². The van der Waals surface area contributed by atoms with Crippen LogP contribution >= 0.6 is 22.7 Å². The largest absolute Gasteiger partial charge is 0.391 e. The summed E-state index contributed by atoms with van der Waals surface area (Å²) in [6.45, 7) is 0. The predicted octanol–water partition coefficient (Wildman–Crippen LogP) is 2.96. The van der Waals surface area contributed by atoms with E-state index in [9.17, 15) is 0 Å². The van der Waals surface area contributed by atoms with Gasteiger partial charge in [0, 0.05) is 11.3 Å². The van der Waals surface area contributed by atoms with Crippen molar-refractivity contribution in [1.29, 1.82) is 0 Å². The molecule has 0 aromatic carbocycles. The number of hydrogen-bond acceptors (Lipinski definition) is 3. The lowest BCUT2D eigenvalue weighted by Gasteiger charge is -1.86. The molecule has 3 heteroatoms. The molecule has 2 heterocycles. The molecular weight excluding hydrogens is 186 g/mol. The van der Waals surface area contributed by atoms with Gasteiger partial charge in [-0.25, -0.2) is 0 Å². The minimum Gasteiger partial charge on any atom is -0.391 e. The Labute approximate surface area is 78.5 Å². The van der Waals surface area contributed by atoms with Crippen LogP contribution in [0, 0.1) is 0 Å². The molecule has 0 radical (unpaired) electrons. The third-order valence-electron chi connectivity index (χ3n) is 2.16. The van der Waals surface area contributed by atoms with Gasteiger partial charge in [-0.05, 0) is 28.6 Å². The van der Waals surface area contributed by atoms with Gasteiger partial charge in [0.15, 0.2) is 0 Å². The Balaban J connectivity index is 2.32. The smallest absolute Gasteiger partial charge is 0.0866 e. The Morgan fingerprint density at radius 2 is 2.17 bits per heavy atom. The molecule has 1 aliphatic carbocycles. The summed E-state index contributed by atoms with van der Waals surface area (Å²) >= 11 is 3.54. The summed E-state index contributed by atoms with van der Waals surface area (Å²) in [5, 5.41) is 3.10. The molecule has 0 bridgehead atoms. The molecule has 2 N–H and O–H groups in total. The second-order valence-corrected chi connectivity index (χ2v) is 4.95. The van der Waals surface area contributed by atoms with Crippen molar-refractivity contribution in [2.45, 2.75) is 6.42 Å². The number of thiophene rings is 2. The third kappa shape index (κ3) is 0.726. The summed E-state index contributed by atoms with van der Waals surface area (Å²) < 4.78 is 0. The molecule has 12 heavy (non-hydrogen) atoms. The van der Waals surface area contributed by atoms with E-state index in [1.165, 1.54) is 20.9 Å². The van der Waals surface area contributed by atoms with Gasteiger partial charge >= 0.3 is 0 Å². The summed E-state index contributed by atoms with van der Waals surface area (Å²) in [5.41, 5.74) is 8.63. The second-order valence-electron chi connectivity index (χ2n) is 2.95. The Kier molecular flexibility index (Phi) is 1.18. The van der Waals surface area contributed by atoms with Gasteiger partial charge in [0.25, 0.3) is 0 Å². The van der Waals surface area contributed by atoms with Crippen molar-refractivity contribution < 1.29 is 0 Å². The molecule has 0 saturated carbocycles. The zero-order valence-electron chi connectivity index (χ0n) is 6.33. The first-order chi connectivity index (χ1) is 5.84. The Hall–Kier alpha value is -0.800. The van der Waals surface area contributed by atoms with E-state index >= 15 is 0 Å². The fourth-order valence-corrected chi connectivity index (χ4v) is 3.74. The minimum atomic E-state index is 0.944. The van der Waals surface area contributed by atoms with E-state index in [2.05, 4.69) is 17.5 Å². The normalized spacial score (nSPS) is 13.0. The van der Waals surface area contributed by atoms with Crippen molar-refractivity contribution in [2.75, 3.05) is 5.73 Å². The summed E-state index contributed by atoms with van der Waals surface area (Å²) in [6, 6.07) is 4.32. The van der Waals surface area contributed by atoms with Crippen LogP contribution in [0.2, 0.25) is 0 Å². The van der Waals surface area contributed by atoms with Crippen LogP contribution in [0.25, 0.3) is 9.75 Å². The highest BCUT2D eigenvalue weighted by Crippen LogP contribution is 2.45. The van der Waals surface area contributed by atoms with Crippen molar-refractivity contribution in [3.63, 3.8) is 0 Å². The molecular formula is C9H7NS2. The molecule has 2 aromatic rings. The second kappa shape index (κ2) is 2.12. The maximum Gasteiger partial charge on any atom is 0.0866 e. The van der Waals surface area contributed by atoms with Crippen LogP contribution < -0.4 is 5.73 Å². The fourth-order valence-electron chi connectivity index (χ4n) is 1.65. The molecule has 0 aliphatic heterocycles. The maximum atomic E-state index is 5.74. The highest BCUT2D eigenvalue weighted by molar-refractivity contribution is 7.24. The van der Waals surface area contributed by atoms with Gasteiger partial charge in [0.05, 0.1) is 9.88 Å². The van der Waals surface area contributed by atoms with Crippen LogP contribution in [-0.4, -0.2) is 0 Å². The minimum absolute atomic E-state index is 0.944. The molecule has 0 saturated heterocycles. The van der Waals surface area contributed by atoms with E-state index < -0.39 is 0 Å². The van der Waals surface area contributed by atoms with Gasteiger partial charge in [-0.3, -0.25) is 0 Å². The molecule has 3 rings (SSSR count). The molecule has 0 fully saturated rings. The molecule has 2 aromatic heterocycles. The first-order valence-electron chi connectivity index (χ1n) is 3.79. The van der Waals surface area contributed by atoms with Gasteiger partial charge in [-0.2, -0.15) is 0 Å². The number of fused-ring (bicyclic) bond motifs is 3. The zero-order chi connectivity index (χ0) is 8.13. The monoisotopic (exact) mass is 193 g/mol. The van der Waals surface area contributed by atoms with E-state index in [-0.39, 0.29) is 0 Å². The Bertz CT molecular complexity index is 439. The molecule has 0 amide bonds. The van der Waals surface area contributed by atoms with E-state index in [4.69, 9.17) is 5.73 Å². The SMILES string of the molecule is Nc1cc2c(s1)-c1sccc1C2. The summed E-state index contributed by atoms with van der Waals surface area (Å²) in [4.78, 5) is 2.84. The van der Waals surface area contributed by atoms with Crippen LogP contribution in [0.4, 0.5) is 5.00 Å². The predicted molar refractivity (Wildman–Crippen MR) is 54.9 cm³/mol. The number of nitrogen functional groups attached to an aromatic ring is 1. The standard InChI is InChI=1S/C9H7NS2/c10-7-4-6-3-5-1-2-11-8(5)9(6)12-7/h1-2,4H,3,10H2. The van der Waals surface area contributed by atoms with Crippen LogP contribution in [0.15, 0.2) is 17.5 Å². The first-order valence-corrected chi connectivity index (χ1v) is 5.49. The quantitative estimate of drug-likeness (QED) is 0.583. The number of anilines is 1. The Morgan fingerprint density at radius 1 is 1.25 bits per heavy atom. The number of rotatable bonds is 0. The van der Waals surface area contributed by atoms with E-state index in [0.717, 1.165) is 11.4 Å². The maximum absolute atomic E-state index is 5.74. The van der Waals surface area contributed by atoms with Crippen LogP contribution in [0.3, 0.4) is 0 Å². The molecule has 1 nitrogen and oxygen atoms in total. The number of nitrogens with two attached hydrogens (primary N) is 1. The lowest BCUT2D eigenvalue weighted by Crippen LogP contribution is -1.78. The highest BCUT2D eigenvalue weighted by atomic mass is 32.1. The topological polar surface area (TPSA) is 26.0 Å². The van der Waals surface area contributed by atoms with Gasteiger partial charge < -0.3 is 5.73 Å². The lowest BCUT2D eigenvalue weighted by atomic mass is 10.2. The molecule has 0 unspecified atom stereocenters. The lowest BCUT2D eigenvalue weighted by molar-refractivity contribution is 1.28. The van der Waals surface area contributed by atoms with Crippen molar-refractivity contribution in [3.05, 3.63) is 28.6 Å². The highest BCUT2D eigenvalue weighted by Gasteiger charge is 2.21. The molecule has 1 aliphatic rings. The van der Waals surface area contributed by atoms with Crippen molar-refractivity contribution in [3.8, 4) is 9.75 Å². The first kappa shape index (κ1) is 6.69. The average Bonchev–Trinajstić information content (AvgIpc) is 2.59. The fraction of sp³-hybridized carbons (Fsp3) is 0.111. The summed E-state index contributed by atoms with van der Waals surface area (Å²) in [6.07, 6.45) is 1.09. The van der Waals surface area contributed by atoms with Gasteiger partial charge in [0.1, 0.15) is 0 Å². The zero-order valence-corrected chi connectivity index (χ0v) is 7.97. The number of hydrogen-bond donors (Lipinski definition) is 1. The molecule has 0 spiro atoms. The Morgan fingerprint density at radius 3 is 3.08 bits per heavy atom.